The molecule has 0 spiro atoms. The minimum absolute atomic E-state index is 0.0892. The lowest BCUT2D eigenvalue weighted by molar-refractivity contribution is -0.131. The zero-order valence-electron chi connectivity index (χ0n) is 17.4. The van der Waals surface area contributed by atoms with Gasteiger partial charge in [0.15, 0.2) is 11.6 Å². The zero-order valence-corrected chi connectivity index (χ0v) is 17.4. The van der Waals surface area contributed by atoms with Gasteiger partial charge in [-0.3, -0.25) is 14.6 Å². The van der Waals surface area contributed by atoms with Gasteiger partial charge in [0.1, 0.15) is 11.8 Å². The molecule has 0 aliphatic carbocycles. The highest BCUT2D eigenvalue weighted by molar-refractivity contribution is 5.97. The molecule has 3 atom stereocenters. The maximum absolute atomic E-state index is 14.4. The van der Waals surface area contributed by atoms with Crippen molar-refractivity contribution in [1.82, 2.24) is 4.98 Å². The number of carbonyl (C=O) groups is 2. The lowest BCUT2D eigenvalue weighted by Crippen LogP contribution is -2.33. The zero-order chi connectivity index (χ0) is 23.8. The van der Waals surface area contributed by atoms with Crippen LogP contribution in [0.2, 0.25) is 0 Å². The second-order valence-corrected chi connectivity index (χ2v) is 7.90. The van der Waals surface area contributed by atoms with E-state index in [2.05, 4.69) is 15.0 Å². The van der Waals surface area contributed by atoms with E-state index in [1.54, 1.807) is 20.8 Å². The van der Waals surface area contributed by atoms with Crippen LogP contribution in [-0.2, 0) is 9.53 Å². The number of nitrogens with zero attached hydrogens (tertiary/aromatic N) is 1. The van der Waals surface area contributed by atoms with Crippen LogP contribution in [0.25, 0.3) is 0 Å². The van der Waals surface area contributed by atoms with Crippen molar-refractivity contribution < 1.29 is 36.6 Å². The van der Waals surface area contributed by atoms with E-state index in [-0.39, 0.29) is 16.9 Å². The number of pyridine rings is 1. The summed E-state index contributed by atoms with van der Waals surface area (Å²) >= 11 is 0. The van der Waals surface area contributed by atoms with Gasteiger partial charge in [-0.25, -0.2) is 4.39 Å². The highest BCUT2D eigenvalue weighted by Crippen LogP contribution is 2.49. The van der Waals surface area contributed by atoms with Crippen LogP contribution in [0.1, 0.15) is 42.7 Å². The number of ether oxygens (including phenoxy) is 2. The van der Waals surface area contributed by atoms with Crippen molar-refractivity contribution >= 4 is 17.5 Å². The Morgan fingerprint density at radius 3 is 2.56 bits per heavy atom. The highest BCUT2D eigenvalue weighted by atomic mass is 19.3. The van der Waals surface area contributed by atoms with Crippen LogP contribution < -0.4 is 15.8 Å². The minimum atomic E-state index is -3.41. The second kappa shape index (κ2) is 8.73. The topological polar surface area (TPSA) is 104 Å². The van der Waals surface area contributed by atoms with Gasteiger partial charge in [0.2, 0.25) is 5.82 Å². The molecule has 11 heteroatoms. The number of halogens is 4. The third kappa shape index (κ3) is 4.52. The molecule has 0 bridgehead atoms. The molecule has 1 aromatic carbocycles. The summed E-state index contributed by atoms with van der Waals surface area (Å²) in [6.45, 7) is 1.65. The molecule has 1 aromatic heterocycles. The summed E-state index contributed by atoms with van der Waals surface area (Å²) in [4.78, 5) is 28.2. The maximum Gasteiger partial charge on any atom is 0.387 e. The van der Waals surface area contributed by atoms with Crippen molar-refractivity contribution in [3.8, 4) is 5.75 Å². The van der Waals surface area contributed by atoms with E-state index in [1.165, 1.54) is 18.3 Å². The second-order valence-electron chi connectivity index (χ2n) is 7.90. The van der Waals surface area contributed by atoms with Gasteiger partial charge in [-0.1, -0.05) is 13.0 Å². The number of carbonyl (C=O) groups excluding carboxylic acids is 2. The van der Waals surface area contributed by atoms with Gasteiger partial charge in [-0.05, 0) is 38.0 Å². The lowest BCUT2D eigenvalue weighted by Gasteiger charge is -2.26. The summed E-state index contributed by atoms with van der Waals surface area (Å²) in [5.41, 5.74) is 4.24. The van der Waals surface area contributed by atoms with E-state index in [1.807, 2.05) is 0 Å². The quantitative estimate of drug-likeness (QED) is 0.648. The van der Waals surface area contributed by atoms with Gasteiger partial charge in [-0.15, -0.1) is 0 Å². The van der Waals surface area contributed by atoms with E-state index < -0.39 is 59.4 Å². The molecule has 1 fully saturated rings. The molecule has 3 rings (SSSR count). The predicted octanol–water partition coefficient (Wildman–Crippen LogP) is 3.60. The molecule has 1 saturated heterocycles. The SMILES string of the molecule is C[C@H]1[C@@H](c2ccc(F)c(F)c2OC(F)F)[C@H](C(=O)Nc2ccnc(C(N)=O)c2)OC1(C)C. The van der Waals surface area contributed by atoms with E-state index in [0.29, 0.717) is 0 Å². The number of primary amides is 1. The highest BCUT2D eigenvalue weighted by Gasteiger charge is 2.51. The van der Waals surface area contributed by atoms with Crippen molar-refractivity contribution in [3.05, 3.63) is 53.4 Å². The molecule has 2 aromatic rings. The molecule has 0 unspecified atom stereocenters. The summed E-state index contributed by atoms with van der Waals surface area (Å²) < 4.78 is 64.1. The van der Waals surface area contributed by atoms with Crippen LogP contribution >= 0.6 is 0 Å². The third-order valence-electron chi connectivity index (χ3n) is 5.58. The number of alkyl halides is 2. The summed E-state index contributed by atoms with van der Waals surface area (Å²) in [6, 6.07) is 4.53. The first-order valence-electron chi connectivity index (χ1n) is 9.59. The number of nitrogens with one attached hydrogen (secondary N) is 1. The normalized spacial score (nSPS) is 22.1. The smallest absolute Gasteiger partial charge is 0.387 e. The predicted molar refractivity (Wildman–Crippen MR) is 105 cm³/mol. The third-order valence-corrected chi connectivity index (χ3v) is 5.58. The number of benzene rings is 1. The number of anilines is 1. The Labute approximate surface area is 180 Å². The first kappa shape index (κ1) is 23.5. The molecule has 0 radical (unpaired) electrons. The van der Waals surface area contributed by atoms with Crippen LogP contribution in [0.4, 0.5) is 23.2 Å². The van der Waals surface area contributed by atoms with Crippen LogP contribution in [0.5, 0.6) is 5.75 Å². The van der Waals surface area contributed by atoms with Gasteiger partial charge < -0.3 is 20.5 Å². The Morgan fingerprint density at radius 2 is 1.94 bits per heavy atom. The summed E-state index contributed by atoms with van der Waals surface area (Å²) in [7, 11) is 0. The fraction of sp³-hybridized carbons (Fsp3) is 0.381. The van der Waals surface area contributed by atoms with Gasteiger partial charge >= 0.3 is 6.61 Å². The van der Waals surface area contributed by atoms with Crippen LogP contribution in [0, 0.1) is 17.6 Å². The maximum atomic E-state index is 14.4. The van der Waals surface area contributed by atoms with Gasteiger partial charge in [0, 0.05) is 23.4 Å². The van der Waals surface area contributed by atoms with Crippen molar-refractivity contribution in [2.75, 3.05) is 5.32 Å². The Hall–Kier alpha value is -3.21. The van der Waals surface area contributed by atoms with E-state index in [9.17, 15) is 27.2 Å². The first-order valence-corrected chi connectivity index (χ1v) is 9.59. The van der Waals surface area contributed by atoms with Crippen molar-refractivity contribution in [1.29, 1.82) is 0 Å². The van der Waals surface area contributed by atoms with E-state index in [0.717, 1.165) is 12.1 Å². The van der Waals surface area contributed by atoms with Gasteiger partial charge in [0.25, 0.3) is 11.8 Å². The van der Waals surface area contributed by atoms with E-state index >= 15 is 0 Å². The number of aromatic nitrogens is 1. The first-order chi connectivity index (χ1) is 14.9. The molecular formula is C21H21F4N3O4. The monoisotopic (exact) mass is 455 g/mol. The van der Waals surface area contributed by atoms with Crippen LogP contribution in [-0.4, -0.2) is 35.1 Å². The van der Waals surface area contributed by atoms with Crippen molar-refractivity contribution in [2.45, 2.75) is 45.0 Å². The number of amides is 2. The summed E-state index contributed by atoms with van der Waals surface area (Å²) in [6.07, 6.45) is -0.00536. The largest absolute Gasteiger partial charge is 0.431 e. The number of nitrogens with two attached hydrogens (primary N) is 1. The summed E-state index contributed by atoms with van der Waals surface area (Å²) in [5, 5.41) is 2.55. The Kier molecular flexibility index (Phi) is 6.40. The number of hydrogen-bond acceptors (Lipinski definition) is 5. The molecule has 172 valence electrons. The Balaban J connectivity index is 2.01. The molecule has 7 nitrogen and oxygen atoms in total. The van der Waals surface area contributed by atoms with Crippen LogP contribution in [0.3, 0.4) is 0 Å². The molecule has 2 heterocycles. The fourth-order valence-electron chi connectivity index (χ4n) is 3.73. The molecule has 0 saturated carbocycles. The molecule has 32 heavy (non-hydrogen) atoms. The average molecular weight is 455 g/mol. The molecule has 1 aliphatic rings. The lowest BCUT2D eigenvalue weighted by atomic mass is 9.78. The van der Waals surface area contributed by atoms with E-state index in [4.69, 9.17) is 10.5 Å². The fourth-order valence-corrected chi connectivity index (χ4v) is 3.73. The molecule has 3 N–H and O–H groups in total. The molecular weight excluding hydrogens is 434 g/mol. The standard InChI is InChI=1S/C21H21F4N3O4/c1-9-14(11-4-5-12(22)15(23)16(11)31-20(24)25)17(32-21(9,2)3)19(30)28-10-6-7-27-13(8-10)18(26)29/h4-9,14,17,20H,1-3H3,(H2,26,29)(H,27,28,30)/t9-,14-,17+/m0/s1. The van der Waals surface area contributed by atoms with Crippen LogP contribution in [0.15, 0.2) is 30.5 Å². The number of hydrogen-bond donors (Lipinski definition) is 2. The van der Waals surface area contributed by atoms with Gasteiger partial charge in [0.05, 0.1) is 5.60 Å². The Bertz CT molecular complexity index is 1050. The van der Waals surface area contributed by atoms with Crippen molar-refractivity contribution in [2.24, 2.45) is 11.7 Å². The van der Waals surface area contributed by atoms with Crippen molar-refractivity contribution in [3.63, 3.8) is 0 Å². The average Bonchev–Trinajstić information content (AvgIpc) is 2.95. The molecule has 2 amide bonds. The minimum Gasteiger partial charge on any atom is -0.431 e. The summed E-state index contributed by atoms with van der Waals surface area (Å²) in [5.74, 6) is -6.86. The Morgan fingerprint density at radius 1 is 1.25 bits per heavy atom. The number of rotatable bonds is 6. The molecule has 1 aliphatic heterocycles. The van der Waals surface area contributed by atoms with Gasteiger partial charge in [-0.2, -0.15) is 13.2 Å².